The predicted molar refractivity (Wildman–Crippen MR) is 193 cm³/mol. The minimum atomic E-state index is -3.71. The van der Waals surface area contributed by atoms with Crippen molar-refractivity contribution in [2.75, 3.05) is 21.7 Å². The Labute approximate surface area is 286 Å². The van der Waals surface area contributed by atoms with Crippen LogP contribution in [0.1, 0.15) is 129 Å². The summed E-state index contributed by atoms with van der Waals surface area (Å²) in [4.78, 5) is 25.7. The number of aromatic hydroxyl groups is 1. The zero-order valence-electron chi connectivity index (χ0n) is 28.1. The molecular formula is C36H53ClN4O5S. The number of nitrogens with one attached hydrogen (secondary N) is 3. The topological polar surface area (TPSA) is 148 Å². The number of unbranched alkanes of at least 4 members (excludes halogenated alkanes) is 14. The van der Waals surface area contributed by atoms with Crippen LogP contribution in [0.5, 0.6) is 5.75 Å². The van der Waals surface area contributed by atoms with Gasteiger partial charge in [-0.3, -0.25) is 4.79 Å². The number of hydrogen-bond acceptors (Lipinski definition) is 6. The Morgan fingerprint density at radius 2 is 1.30 bits per heavy atom. The van der Waals surface area contributed by atoms with E-state index in [4.69, 9.17) is 16.9 Å². The molecule has 0 heterocycles. The van der Waals surface area contributed by atoms with Crippen LogP contribution < -0.4 is 16.0 Å². The van der Waals surface area contributed by atoms with Gasteiger partial charge in [-0.1, -0.05) is 122 Å². The Morgan fingerprint density at radius 1 is 0.766 bits per heavy atom. The number of phenolic OH excluding ortho intramolecular Hbond substituents is 1. The lowest BCUT2D eigenvalue weighted by atomic mass is 10.0. The number of halogens is 1. The van der Waals surface area contributed by atoms with E-state index in [9.17, 15) is 23.1 Å². The van der Waals surface area contributed by atoms with Crippen molar-refractivity contribution in [1.29, 1.82) is 5.26 Å². The van der Waals surface area contributed by atoms with Gasteiger partial charge in [0.05, 0.1) is 33.8 Å². The van der Waals surface area contributed by atoms with Crippen LogP contribution in [-0.2, 0) is 14.6 Å². The average molecular weight is 689 g/mol. The SMILES string of the molecule is CCCCCCCCCCCCCCCCS(=O)(=O)C(CCCC)C(=O)Nc1cc(O)c(NC(=O)Nc2ccc(C#N)cc2)cc1Cl. The molecule has 1 unspecified atom stereocenters. The third kappa shape index (κ3) is 15.4. The fourth-order valence-electron chi connectivity index (χ4n) is 5.39. The summed E-state index contributed by atoms with van der Waals surface area (Å²) in [5.41, 5.74) is 0.912. The van der Waals surface area contributed by atoms with Crippen LogP contribution in [0.2, 0.25) is 5.02 Å². The van der Waals surface area contributed by atoms with E-state index >= 15 is 0 Å². The maximum absolute atomic E-state index is 13.3. The van der Waals surface area contributed by atoms with Crippen LogP contribution in [0.4, 0.5) is 21.9 Å². The van der Waals surface area contributed by atoms with Crippen LogP contribution >= 0.6 is 11.6 Å². The lowest BCUT2D eigenvalue weighted by Crippen LogP contribution is -2.36. The van der Waals surface area contributed by atoms with Crippen LogP contribution in [0.15, 0.2) is 36.4 Å². The molecule has 0 radical (unpaired) electrons. The largest absolute Gasteiger partial charge is 0.506 e. The molecule has 0 aliphatic carbocycles. The van der Waals surface area contributed by atoms with Gasteiger partial charge in [0.15, 0.2) is 9.84 Å². The number of carbonyl (C=O) groups is 2. The molecule has 47 heavy (non-hydrogen) atoms. The van der Waals surface area contributed by atoms with E-state index in [1.807, 2.05) is 13.0 Å². The lowest BCUT2D eigenvalue weighted by Gasteiger charge is -2.19. The van der Waals surface area contributed by atoms with Gasteiger partial charge in [0.1, 0.15) is 11.0 Å². The van der Waals surface area contributed by atoms with Gasteiger partial charge < -0.3 is 21.1 Å². The van der Waals surface area contributed by atoms with E-state index in [1.165, 1.54) is 76.3 Å². The second kappa shape index (κ2) is 22.3. The first-order valence-corrected chi connectivity index (χ1v) is 19.3. The predicted octanol–water partition coefficient (Wildman–Crippen LogP) is 9.95. The number of anilines is 3. The van der Waals surface area contributed by atoms with Gasteiger partial charge in [-0.05, 0) is 43.2 Å². The van der Waals surface area contributed by atoms with Crippen molar-refractivity contribution in [2.45, 2.75) is 128 Å². The highest BCUT2D eigenvalue weighted by Crippen LogP contribution is 2.34. The molecule has 4 N–H and O–H groups in total. The lowest BCUT2D eigenvalue weighted by molar-refractivity contribution is -0.116. The molecule has 3 amide bonds. The third-order valence-corrected chi connectivity index (χ3v) is 10.7. The van der Waals surface area contributed by atoms with Crippen molar-refractivity contribution >= 4 is 50.4 Å². The van der Waals surface area contributed by atoms with Crippen LogP contribution in [0, 0.1) is 11.3 Å². The highest BCUT2D eigenvalue weighted by molar-refractivity contribution is 7.92. The Morgan fingerprint density at radius 3 is 1.83 bits per heavy atom. The minimum absolute atomic E-state index is 0.00731. The van der Waals surface area contributed by atoms with E-state index in [0.717, 1.165) is 25.7 Å². The van der Waals surface area contributed by atoms with E-state index < -0.39 is 27.0 Å². The van der Waals surface area contributed by atoms with Crippen molar-refractivity contribution in [2.24, 2.45) is 0 Å². The standard InChI is InChI=1S/C36H53ClN4O5S/c1-3-5-7-8-9-10-11-12-13-14-15-16-17-18-24-47(45,46)34(19-6-4-2)35(43)40-31-26-33(42)32(25-30(31)37)41-36(44)39-29-22-20-28(27-38)21-23-29/h20-23,25-26,34,42H,3-19,24H2,1-2H3,(H,40,43)(H2,39,41,44). The number of rotatable bonds is 23. The zero-order valence-corrected chi connectivity index (χ0v) is 29.7. The highest BCUT2D eigenvalue weighted by Gasteiger charge is 2.32. The summed E-state index contributed by atoms with van der Waals surface area (Å²) < 4.78 is 26.6. The molecule has 0 saturated heterocycles. The number of phenols is 1. The highest BCUT2D eigenvalue weighted by atomic mass is 35.5. The molecule has 0 spiro atoms. The van der Waals surface area contributed by atoms with Gasteiger partial charge in [0.2, 0.25) is 5.91 Å². The normalized spacial score (nSPS) is 11.9. The second-order valence-corrected chi connectivity index (χ2v) is 14.9. The first kappa shape index (κ1) is 39.9. The molecule has 0 bridgehead atoms. The fraction of sp³-hybridized carbons (Fsp3) is 0.583. The number of carbonyl (C=O) groups excluding carboxylic acids is 2. The Balaban J connectivity index is 1.84. The summed E-state index contributed by atoms with van der Waals surface area (Å²) in [6, 6.07) is 10.0. The van der Waals surface area contributed by atoms with Gasteiger partial charge >= 0.3 is 6.03 Å². The number of nitriles is 1. The fourth-order valence-corrected chi connectivity index (χ4v) is 7.40. The van der Waals surface area contributed by atoms with Crippen molar-refractivity contribution in [1.82, 2.24) is 0 Å². The van der Waals surface area contributed by atoms with Gasteiger partial charge in [-0.25, -0.2) is 13.2 Å². The van der Waals surface area contributed by atoms with Gasteiger partial charge in [-0.15, -0.1) is 0 Å². The summed E-state index contributed by atoms with van der Waals surface area (Å²) >= 11 is 6.37. The van der Waals surface area contributed by atoms with Crippen molar-refractivity contribution in [3.63, 3.8) is 0 Å². The van der Waals surface area contributed by atoms with Crippen LogP contribution in [0.3, 0.4) is 0 Å². The molecule has 0 aromatic heterocycles. The summed E-state index contributed by atoms with van der Waals surface area (Å²) in [6.45, 7) is 4.18. The molecule has 2 aromatic carbocycles. The molecule has 9 nitrogen and oxygen atoms in total. The molecule has 11 heteroatoms. The monoisotopic (exact) mass is 688 g/mol. The van der Waals surface area contributed by atoms with Crippen LogP contribution in [0.25, 0.3) is 0 Å². The molecule has 0 fully saturated rings. The molecule has 0 saturated carbocycles. The number of urea groups is 1. The van der Waals surface area contributed by atoms with E-state index in [2.05, 4.69) is 22.9 Å². The minimum Gasteiger partial charge on any atom is -0.506 e. The Kier molecular flexibility index (Phi) is 18.9. The molecule has 2 rings (SSSR count). The van der Waals surface area contributed by atoms with Gasteiger partial charge in [-0.2, -0.15) is 5.26 Å². The quantitative estimate of drug-likeness (QED) is 0.0674. The molecule has 260 valence electrons. The maximum Gasteiger partial charge on any atom is 0.323 e. The summed E-state index contributed by atoms with van der Waals surface area (Å²) in [5, 5.41) is 25.9. The third-order valence-electron chi connectivity index (χ3n) is 8.19. The van der Waals surface area contributed by atoms with Crippen molar-refractivity contribution in [3.05, 3.63) is 47.0 Å². The number of amides is 3. The average Bonchev–Trinajstić information content (AvgIpc) is 3.04. The first-order chi connectivity index (χ1) is 22.6. The number of nitrogens with zero attached hydrogens (tertiary/aromatic N) is 1. The van der Waals surface area contributed by atoms with Gasteiger partial charge in [0, 0.05) is 11.8 Å². The molecule has 2 aromatic rings. The van der Waals surface area contributed by atoms with Gasteiger partial charge in [0.25, 0.3) is 0 Å². The molecule has 0 aliphatic rings. The first-order valence-electron chi connectivity index (χ1n) is 17.2. The van der Waals surface area contributed by atoms with E-state index in [-0.39, 0.29) is 34.3 Å². The maximum atomic E-state index is 13.3. The van der Waals surface area contributed by atoms with E-state index in [0.29, 0.717) is 24.1 Å². The number of benzene rings is 2. The van der Waals surface area contributed by atoms with E-state index in [1.54, 1.807) is 24.3 Å². The zero-order chi connectivity index (χ0) is 34.5. The van der Waals surface area contributed by atoms with Crippen LogP contribution in [-0.4, -0.2) is 36.5 Å². The summed E-state index contributed by atoms with van der Waals surface area (Å²) in [6.07, 6.45) is 17.9. The second-order valence-electron chi connectivity index (χ2n) is 12.2. The Hall–Kier alpha value is -3.29. The molecule has 1 atom stereocenters. The summed E-state index contributed by atoms with van der Waals surface area (Å²) in [7, 11) is -3.71. The summed E-state index contributed by atoms with van der Waals surface area (Å²) in [5.74, 6) is -1.11. The molecule has 0 aliphatic heterocycles. The van der Waals surface area contributed by atoms with Crippen molar-refractivity contribution < 1.29 is 23.1 Å². The number of sulfone groups is 1. The molecular weight excluding hydrogens is 636 g/mol. The number of hydrogen-bond donors (Lipinski definition) is 4. The smallest absolute Gasteiger partial charge is 0.323 e. The Bertz CT molecular complexity index is 1390. The van der Waals surface area contributed by atoms with Crippen molar-refractivity contribution in [3.8, 4) is 11.8 Å².